The van der Waals surface area contributed by atoms with E-state index in [1.165, 1.54) is 23.7 Å². The lowest BCUT2D eigenvalue weighted by molar-refractivity contribution is 0.510. The maximum atomic E-state index is 12.3. The van der Waals surface area contributed by atoms with Crippen LogP contribution in [-0.2, 0) is 16.6 Å². The number of nitrogens with two attached hydrogens (primary N) is 1. The summed E-state index contributed by atoms with van der Waals surface area (Å²) in [6.45, 7) is 2.49. The van der Waals surface area contributed by atoms with Crippen LogP contribution in [0.25, 0.3) is 0 Å². The number of aryl methyl sites for hydroxylation is 1. The highest BCUT2D eigenvalue weighted by molar-refractivity contribution is 7.89. The van der Waals surface area contributed by atoms with Crippen LogP contribution in [0, 0.1) is 0 Å². The van der Waals surface area contributed by atoms with E-state index in [1.54, 1.807) is 0 Å². The SMILES string of the molecule is CCn1cc(S(=O)(=O)NC2CCCCCC2)c(N)n1. The molecule has 1 aliphatic carbocycles. The van der Waals surface area contributed by atoms with Gasteiger partial charge in [0, 0.05) is 18.8 Å². The first-order valence-electron chi connectivity index (χ1n) is 6.88. The zero-order chi connectivity index (χ0) is 13.9. The maximum absolute atomic E-state index is 12.3. The molecule has 0 bridgehead atoms. The summed E-state index contributed by atoms with van der Waals surface area (Å²) in [5.74, 6) is 0.0722. The smallest absolute Gasteiger partial charge is 0.246 e. The van der Waals surface area contributed by atoms with Gasteiger partial charge in [-0.15, -0.1) is 0 Å². The van der Waals surface area contributed by atoms with Crippen molar-refractivity contribution in [2.75, 3.05) is 5.73 Å². The fourth-order valence-corrected chi connectivity index (χ4v) is 3.85. The Balaban J connectivity index is 2.14. The topological polar surface area (TPSA) is 90.0 Å². The third-order valence-electron chi connectivity index (χ3n) is 3.55. The second kappa shape index (κ2) is 5.92. The molecule has 0 unspecified atom stereocenters. The number of hydrogen-bond donors (Lipinski definition) is 2. The first-order chi connectivity index (χ1) is 9.03. The van der Waals surface area contributed by atoms with E-state index in [1.807, 2.05) is 6.92 Å². The molecule has 6 nitrogen and oxygen atoms in total. The Morgan fingerprint density at radius 3 is 2.53 bits per heavy atom. The molecule has 108 valence electrons. The van der Waals surface area contributed by atoms with Gasteiger partial charge in [-0.2, -0.15) is 5.10 Å². The highest BCUT2D eigenvalue weighted by Crippen LogP contribution is 2.21. The highest BCUT2D eigenvalue weighted by atomic mass is 32.2. The largest absolute Gasteiger partial charge is 0.381 e. The molecule has 0 aliphatic heterocycles. The van der Waals surface area contributed by atoms with Crippen LogP contribution in [0.2, 0.25) is 0 Å². The summed E-state index contributed by atoms with van der Waals surface area (Å²) in [5.41, 5.74) is 5.69. The van der Waals surface area contributed by atoms with Crippen molar-refractivity contribution in [1.29, 1.82) is 0 Å². The maximum Gasteiger partial charge on any atom is 0.246 e. The van der Waals surface area contributed by atoms with Gasteiger partial charge in [-0.25, -0.2) is 13.1 Å². The molecule has 0 spiro atoms. The first-order valence-corrected chi connectivity index (χ1v) is 8.36. The predicted octanol–water partition coefficient (Wildman–Crippen LogP) is 1.49. The van der Waals surface area contributed by atoms with Gasteiger partial charge in [0.15, 0.2) is 5.82 Å². The molecule has 0 radical (unpaired) electrons. The molecular formula is C12H22N4O2S. The molecule has 0 amide bonds. The average molecular weight is 286 g/mol. The van der Waals surface area contributed by atoms with Gasteiger partial charge in [0.25, 0.3) is 0 Å². The second-order valence-corrected chi connectivity index (χ2v) is 6.73. The minimum atomic E-state index is -3.55. The van der Waals surface area contributed by atoms with Crippen molar-refractivity contribution in [1.82, 2.24) is 14.5 Å². The minimum Gasteiger partial charge on any atom is -0.381 e. The highest BCUT2D eigenvalue weighted by Gasteiger charge is 2.25. The number of sulfonamides is 1. The van der Waals surface area contributed by atoms with E-state index >= 15 is 0 Å². The third-order valence-corrected chi connectivity index (χ3v) is 5.08. The Morgan fingerprint density at radius 1 is 1.37 bits per heavy atom. The molecule has 7 heteroatoms. The van der Waals surface area contributed by atoms with Gasteiger partial charge in [0.05, 0.1) is 0 Å². The molecule has 3 N–H and O–H groups in total. The van der Waals surface area contributed by atoms with Crippen LogP contribution in [0.1, 0.15) is 45.4 Å². The fourth-order valence-electron chi connectivity index (χ4n) is 2.47. The zero-order valence-corrected chi connectivity index (χ0v) is 12.1. The van der Waals surface area contributed by atoms with Crippen molar-refractivity contribution < 1.29 is 8.42 Å². The van der Waals surface area contributed by atoms with Crippen LogP contribution in [0.5, 0.6) is 0 Å². The molecule has 1 saturated carbocycles. The number of nitrogens with zero attached hydrogens (tertiary/aromatic N) is 2. The molecule has 1 aliphatic rings. The van der Waals surface area contributed by atoms with Gasteiger partial charge in [-0.3, -0.25) is 4.68 Å². The van der Waals surface area contributed by atoms with Crippen LogP contribution in [0.3, 0.4) is 0 Å². The standard InChI is InChI=1S/C12H22N4O2S/c1-2-16-9-11(12(13)14-16)19(17,18)15-10-7-5-3-4-6-8-10/h9-10,15H,2-8H2,1H3,(H2,13,14). The number of rotatable bonds is 4. The lowest BCUT2D eigenvalue weighted by atomic mass is 10.1. The van der Waals surface area contributed by atoms with Crippen LogP contribution < -0.4 is 10.5 Å². The van der Waals surface area contributed by atoms with Gasteiger partial charge >= 0.3 is 0 Å². The number of hydrogen-bond acceptors (Lipinski definition) is 4. The van der Waals surface area contributed by atoms with Crippen molar-refractivity contribution in [3.05, 3.63) is 6.20 Å². The van der Waals surface area contributed by atoms with E-state index in [-0.39, 0.29) is 16.8 Å². The summed E-state index contributed by atoms with van der Waals surface area (Å²) in [7, 11) is -3.55. The monoisotopic (exact) mass is 286 g/mol. The molecule has 0 saturated heterocycles. The third kappa shape index (κ3) is 3.48. The molecule has 1 aromatic rings. The van der Waals surface area contributed by atoms with Gasteiger partial charge < -0.3 is 5.73 Å². The summed E-state index contributed by atoms with van der Waals surface area (Å²) in [6.07, 6.45) is 7.84. The van der Waals surface area contributed by atoms with E-state index < -0.39 is 10.0 Å². The molecular weight excluding hydrogens is 264 g/mol. The minimum absolute atomic E-state index is 0.0249. The summed E-state index contributed by atoms with van der Waals surface area (Å²) >= 11 is 0. The van der Waals surface area contributed by atoms with Gasteiger partial charge in [-0.1, -0.05) is 25.7 Å². The Hall–Kier alpha value is -1.08. The number of nitrogen functional groups attached to an aromatic ring is 1. The molecule has 1 heterocycles. The molecule has 19 heavy (non-hydrogen) atoms. The molecule has 1 fully saturated rings. The number of anilines is 1. The normalized spacial score (nSPS) is 18.4. The van der Waals surface area contributed by atoms with E-state index in [9.17, 15) is 8.42 Å². The van der Waals surface area contributed by atoms with E-state index in [2.05, 4.69) is 9.82 Å². The molecule has 2 rings (SSSR count). The van der Waals surface area contributed by atoms with E-state index in [0.29, 0.717) is 6.54 Å². The van der Waals surface area contributed by atoms with E-state index in [0.717, 1.165) is 25.7 Å². The number of nitrogens with one attached hydrogen (secondary N) is 1. The van der Waals surface area contributed by atoms with E-state index in [4.69, 9.17) is 5.73 Å². The molecule has 1 aromatic heterocycles. The fraction of sp³-hybridized carbons (Fsp3) is 0.750. The number of aromatic nitrogens is 2. The summed E-state index contributed by atoms with van der Waals surface area (Å²) in [6, 6.07) is 0.0249. The average Bonchev–Trinajstić information content (AvgIpc) is 2.57. The van der Waals surface area contributed by atoms with Crippen molar-refractivity contribution in [2.24, 2.45) is 0 Å². The summed E-state index contributed by atoms with van der Waals surface area (Å²) in [4.78, 5) is 0.0959. The predicted molar refractivity (Wildman–Crippen MR) is 74.1 cm³/mol. The van der Waals surface area contributed by atoms with Crippen molar-refractivity contribution in [2.45, 2.75) is 62.9 Å². The van der Waals surface area contributed by atoms with Crippen molar-refractivity contribution in [3.8, 4) is 0 Å². The Kier molecular flexibility index (Phi) is 4.46. The lowest BCUT2D eigenvalue weighted by Crippen LogP contribution is -2.34. The van der Waals surface area contributed by atoms with Gasteiger partial charge in [0.1, 0.15) is 4.90 Å². The Labute approximate surface area is 114 Å². The Bertz CT molecular complexity index is 516. The molecule has 0 aromatic carbocycles. The quantitative estimate of drug-likeness (QED) is 0.820. The van der Waals surface area contributed by atoms with Crippen LogP contribution in [-0.4, -0.2) is 24.2 Å². The zero-order valence-electron chi connectivity index (χ0n) is 11.3. The van der Waals surface area contributed by atoms with Crippen LogP contribution in [0.15, 0.2) is 11.1 Å². The molecule has 0 atom stereocenters. The van der Waals surface area contributed by atoms with Gasteiger partial charge in [0.2, 0.25) is 10.0 Å². The van der Waals surface area contributed by atoms with Crippen molar-refractivity contribution in [3.63, 3.8) is 0 Å². The first kappa shape index (κ1) is 14.3. The van der Waals surface area contributed by atoms with Crippen LogP contribution in [0.4, 0.5) is 5.82 Å². The Morgan fingerprint density at radius 2 is 2.00 bits per heavy atom. The summed E-state index contributed by atoms with van der Waals surface area (Å²) < 4.78 is 28.9. The van der Waals surface area contributed by atoms with Gasteiger partial charge in [-0.05, 0) is 19.8 Å². The second-order valence-electron chi connectivity index (χ2n) is 5.04. The van der Waals surface area contributed by atoms with Crippen molar-refractivity contribution >= 4 is 15.8 Å². The lowest BCUT2D eigenvalue weighted by Gasteiger charge is -2.15. The summed E-state index contributed by atoms with van der Waals surface area (Å²) in [5, 5.41) is 3.98. The van der Waals surface area contributed by atoms with Crippen LogP contribution >= 0.6 is 0 Å².